The van der Waals surface area contributed by atoms with Gasteiger partial charge in [0.25, 0.3) is 5.91 Å². The highest BCUT2D eigenvalue weighted by atomic mass is 35.5. The van der Waals surface area contributed by atoms with E-state index in [1.807, 2.05) is 63.2 Å². The fraction of sp³-hybridized carbons (Fsp3) is 0.364. The number of nitrogens with one attached hydrogen (secondary N) is 1. The molecule has 28 heavy (non-hydrogen) atoms. The van der Waals surface area contributed by atoms with Gasteiger partial charge in [-0.2, -0.15) is 0 Å². The highest BCUT2D eigenvalue weighted by Gasteiger charge is 2.20. The first-order valence-electron chi connectivity index (χ1n) is 9.51. The number of rotatable bonds is 8. The van der Waals surface area contributed by atoms with Gasteiger partial charge in [0, 0.05) is 45.0 Å². The van der Waals surface area contributed by atoms with Crippen LogP contribution in [0.1, 0.15) is 42.6 Å². The fourth-order valence-electron chi connectivity index (χ4n) is 3.01. The quantitative estimate of drug-likeness (QED) is 0.690. The van der Waals surface area contributed by atoms with Gasteiger partial charge in [-0.05, 0) is 42.3 Å². The van der Waals surface area contributed by atoms with Gasteiger partial charge in [0.1, 0.15) is 0 Å². The smallest absolute Gasteiger partial charge is 0.255 e. The minimum atomic E-state index is -0.0971. The van der Waals surface area contributed by atoms with E-state index in [2.05, 4.69) is 5.32 Å². The molecule has 0 bridgehead atoms. The molecule has 6 heteroatoms. The van der Waals surface area contributed by atoms with Crippen molar-refractivity contribution in [2.24, 2.45) is 0 Å². The van der Waals surface area contributed by atoms with E-state index in [0.29, 0.717) is 30.1 Å². The molecule has 0 spiro atoms. The van der Waals surface area contributed by atoms with E-state index < -0.39 is 0 Å². The Morgan fingerprint density at radius 1 is 1.07 bits per heavy atom. The molecule has 0 radical (unpaired) electrons. The average Bonchev–Trinajstić information content (AvgIpc) is 2.67. The summed E-state index contributed by atoms with van der Waals surface area (Å²) in [5.74, 6) is -0.138. The summed E-state index contributed by atoms with van der Waals surface area (Å²) >= 11 is 6.24. The molecule has 0 saturated heterocycles. The molecule has 0 saturated carbocycles. The topological polar surface area (TPSA) is 52.7 Å². The summed E-state index contributed by atoms with van der Waals surface area (Å²) in [6.45, 7) is 4.90. The maximum atomic E-state index is 13.1. The summed E-state index contributed by atoms with van der Waals surface area (Å²) in [6, 6.07) is 12.9. The fourth-order valence-corrected chi connectivity index (χ4v) is 3.23. The second-order valence-corrected chi connectivity index (χ2v) is 7.25. The van der Waals surface area contributed by atoms with E-state index >= 15 is 0 Å². The minimum Gasteiger partial charge on any atom is -0.377 e. The predicted octanol–water partition coefficient (Wildman–Crippen LogP) is 4.81. The van der Waals surface area contributed by atoms with Crippen molar-refractivity contribution in [3.05, 3.63) is 58.6 Å². The molecule has 5 nitrogen and oxygen atoms in total. The van der Waals surface area contributed by atoms with Crippen LogP contribution >= 0.6 is 11.6 Å². The highest BCUT2D eigenvalue weighted by molar-refractivity contribution is 6.33. The summed E-state index contributed by atoms with van der Waals surface area (Å²) in [6.07, 6.45) is 1.25. The highest BCUT2D eigenvalue weighted by Crippen LogP contribution is 2.26. The molecule has 0 aliphatic carbocycles. The second-order valence-electron chi connectivity index (χ2n) is 6.85. The summed E-state index contributed by atoms with van der Waals surface area (Å²) < 4.78 is 0. The molecule has 0 heterocycles. The molecular formula is C22H28ClN3O2. The van der Waals surface area contributed by atoms with Gasteiger partial charge in [0.15, 0.2) is 0 Å². The van der Waals surface area contributed by atoms with Gasteiger partial charge in [0.05, 0.1) is 10.6 Å². The molecule has 2 aromatic carbocycles. The molecular weight excluding hydrogens is 374 g/mol. The summed E-state index contributed by atoms with van der Waals surface area (Å²) in [7, 11) is 3.92. The number of anilines is 2. The predicted molar refractivity (Wildman–Crippen MR) is 116 cm³/mol. The van der Waals surface area contributed by atoms with Crippen molar-refractivity contribution in [2.45, 2.75) is 33.2 Å². The molecule has 2 amide bonds. The molecule has 2 rings (SSSR count). The zero-order valence-electron chi connectivity index (χ0n) is 17.0. The summed E-state index contributed by atoms with van der Waals surface area (Å²) in [5.41, 5.74) is 3.20. The van der Waals surface area contributed by atoms with Gasteiger partial charge >= 0.3 is 0 Å². The van der Waals surface area contributed by atoms with Crippen molar-refractivity contribution >= 4 is 34.8 Å². The molecule has 0 unspecified atom stereocenters. The zero-order chi connectivity index (χ0) is 20.7. The molecule has 2 aromatic rings. The number of hydrogen-bond donors (Lipinski definition) is 1. The number of carbonyl (C=O) groups is 2. The van der Waals surface area contributed by atoms with Crippen molar-refractivity contribution in [2.75, 3.05) is 30.9 Å². The van der Waals surface area contributed by atoms with Crippen molar-refractivity contribution in [1.29, 1.82) is 0 Å². The van der Waals surface area contributed by atoms with E-state index in [1.54, 1.807) is 17.0 Å². The Morgan fingerprint density at radius 2 is 1.79 bits per heavy atom. The summed E-state index contributed by atoms with van der Waals surface area (Å²) in [5, 5.41) is 3.34. The number of carbonyl (C=O) groups excluding carboxylic acids is 2. The van der Waals surface area contributed by atoms with Crippen molar-refractivity contribution in [3.63, 3.8) is 0 Å². The monoisotopic (exact) mass is 401 g/mol. The van der Waals surface area contributed by atoms with Crippen molar-refractivity contribution in [1.82, 2.24) is 4.90 Å². The van der Waals surface area contributed by atoms with Crippen LogP contribution in [0.3, 0.4) is 0 Å². The Hall–Kier alpha value is -2.53. The zero-order valence-corrected chi connectivity index (χ0v) is 17.7. The summed E-state index contributed by atoms with van der Waals surface area (Å²) in [4.78, 5) is 28.7. The van der Waals surface area contributed by atoms with Crippen LogP contribution in [0.15, 0.2) is 42.5 Å². The van der Waals surface area contributed by atoms with E-state index in [4.69, 9.17) is 11.6 Å². The standard InChI is InChI=1S/C22H28ClN3O2/c1-5-13-26(22(28)18-9-7-8-10-19(18)23)15-16-14-17(24-21(27)6-2)11-12-20(16)25(3)4/h7-12,14H,5-6,13,15H2,1-4H3,(H,24,27). The van der Waals surface area contributed by atoms with Gasteiger partial charge in [-0.1, -0.05) is 37.6 Å². The van der Waals surface area contributed by atoms with E-state index in [9.17, 15) is 9.59 Å². The number of nitrogens with zero attached hydrogens (tertiary/aromatic N) is 2. The maximum Gasteiger partial charge on any atom is 0.255 e. The van der Waals surface area contributed by atoms with Crippen LogP contribution in [-0.4, -0.2) is 37.4 Å². The Kier molecular flexibility index (Phi) is 7.88. The van der Waals surface area contributed by atoms with Crippen LogP contribution in [0.25, 0.3) is 0 Å². The molecule has 0 aliphatic rings. The Bertz CT molecular complexity index is 836. The molecule has 150 valence electrons. The van der Waals surface area contributed by atoms with Gasteiger partial charge in [0.2, 0.25) is 5.91 Å². The molecule has 0 fully saturated rings. The largest absolute Gasteiger partial charge is 0.377 e. The second kappa shape index (κ2) is 10.1. The number of amides is 2. The number of hydrogen-bond acceptors (Lipinski definition) is 3. The van der Waals surface area contributed by atoms with Gasteiger partial charge < -0.3 is 15.1 Å². The van der Waals surface area contributed by atoms with Crippen LogP contribution in [0.2, 0.25) is 5.02 Å². The molecule has 0 aliphatic heterocycles. The lowest BCUT2D eigenvalue weighted by molar-refractivity contribution is -0.115. The first kappa shape index (κ1) is 21.8. The third-order valence-corrected chi connectivity index (χ3v) is 4.74. The lowest BCUT2D eigenvalue weighted by Crippen LogP contribution is -2.32. The lowest BCUT2D eigenvalue weighted by Gasteiger charge is -2.26. The average molecular weight is 402 g/mol. The van der Waals surface area contributed by atoms with Crippen LogP contribution in [-0.2, 0) is 11.3 Å². The lowest BCUT2D eigenvalue weighted by atomic mass is 10.1. The van der Waals surface area contributed by atoms with Crippen LogP contribution in [0.5, 0.6) is 0 Å². The Balaban J connectivity index is 2.37. The minimum absolute atomic E-state index is 0.0406. The molecule has 1 N–H and O–H groups in total. The van der Waals surface area contributed by atoms with Gasteiger partial charge in [-0.25, -0.2) is 0 Å². The number of halogens is 1. The van der Waals surface area contributed by atoms with Crippen LogP contribution < -0.4 is 10.2 Å². The third kappa shape index (κ3) is 5.49. The van der Waals surface area contributed by atoms with Crippen LogP contribution in [0, 0.1) is 0 Å². The molecule has 0 atom stereocenters. The van der Waals surface area contributed by atoms with E-state index in [0.717, 1.165) is 23.4 Å². The SMILES string of the molecule is CCCN(Cc1cc(NC(=O)CC)ccc1N(C)C)C(=O)c1ccccc1Cl. The van der Waals surface area contributed by atoms with Crippen molar-refractivity contribution in [3.8, 4) is 0 Å². The van der Waals surface area contributed by atoms with Gasteiger partial charge in [-0.15, -0.1) is 0 Å². The first-order chi connectivity index (χ1) is 13.4. The molecule has 0 aromatic heterocycles. The normalized spacial score (nSPS) is 10.5. The Morgan fingerprint density at radius 3 is 2.39 bits per heavy atom. The van der Waals surface area contributed by atoms with Crippen molar-refractivity contribution < 1.29 is 9.59 Å². The third-order valence-electron chi connectivity index (χ3n) is 4.41. The van der Waals surface area contributed by atoms with Crippen LogP contribution in [0.4, 0.5) is 11.4 Å². The first-order valence-corrected chi connectivity index (χ1v) is 9.89. The van der Waals surface area contributed by atoms with E-state index in [1.165, 1.54) is 0 Å². The van der Waals surface area contributed by atoms with E-state index in [-0.39, 0.29) is 11.8 Å². The number of benzene rings is 2. The Labute approximate surface area is 172 Å². The van der Waals surface area contributed by atoms with Gasteiger partial charge in [-0.3, -0.25) is 9.59 Å². The maximum absolute atomic E-state index is 13.1.